The van der Waals surface area contributed by atoms with E-state index in [1.807, 2.05) is 0 Å². The van der Waals surface area contributed by atoms with Gasteiger partial charge >= 0.3 is 0 Å². The van der Waals surface area contributed by atoms with Gasteiger partial charge in [-0.25, -0.2) is 10.8 Å². The summed E-state index contributed by atoms with van der Waals surface area (Å²) in [5.41, 5.74) is 2.35. The second-order valence-electron chi connectivity index (χ2n) is 3.56. The van der Waals surface area contributed by atoms with Gasteiger partial charge in [0.25, 0.3) is 0 Å². The van der Waals surface area contributed by atoms with Gasteiger partial charge in [0.2, 0.25) is 11.8 Å². The van der Waals surface area contributed by atoms with Gasteiger partial charge in [0.1, 0.15) is 6.61 Å². The van der Waals surface area contributed by atoms with E-state index in [1.165, 1.54) is 0 Å². The normalized spacial score (nSPS) is 10.6. The molecule has 8 nitrogen and oxygen atoms in total. The Morgan fingerprint density at radius 1 is 1.15 bits per heavy atom. The monoisotopic (exact) mass is 350 g/mol. The minimum Gasteiger partial charge on any atom is -0.474 e. The van der Waals surface area contributed by atoms with Crippen molar-refractivity contribution >= 4 is 21.9 Å². The van der Waals surface area contributed by atoms with Crippen molar-refractivity contribution in [3.8, 4) is 5.88 Å². The predicted octanol–water partition coefficient (Wildman–Crippen LogP) is 0.583. The lowest BCUT2D eigenvalue weighted by atomic mass is 10.6. The average molecular weight is 351 g/mol. The second-order valence-corrected chi connectivity index (χ2v) is 4.41. The smallest absolute Gasteiger partial charge is 0.240 e. The standard InChI is InChI=1S/C11H19BrN4O4/c1-17-2-3-18-4-5-19-6-7-20-10-9(12)8-14-11(15-10)16-13/h8H,2-7,13H2,1H3,(H,14,15,16). The summed E-state index contributed by atoms with van der Waals surface area (Å²) < 4.78 is 21.5. The van der Waals surface area contributed by atoms with Crippen molar-refractivity contribution in [2.75, 3.05) is 52.2 Å². The van der Waals surface area contributed by atoms with E-state index in [0.29, 0.717) is 50.0 Å². The van der Waals surface area contributed by atoms with Crippen LogP contribution in [-0.4, -0.2) is 56.7 Å². The van der Waals surface area contributed by atoms with Crippen molar-refractivity contribution < 1.29 is 18.9 Å². The number of aromatic nitrogens is 2. The molecule has 0 aliphatic heterocycles. The summed E-state index contributed by atoms with van der Waals surface area (Å²) in [6, 6.07) is 0. The number of methoxy groups -OCH3 is 1. The van der Waals surface area contributed by atoms with E-state index < -0.39 is 0 Å². The van der Waals surface area contributed by atoms with E-state index in [0.717, 1.165) is 0 Å². The summed E-state index contributed by atoms with van der Waals surface area (Å²) in [5, 5.41) is 0. The molecule has 0 bridgehead atoms. The molecule has 1 heterocycles. The molecule has 0 aliphatic rings. The Kier molecular flexibility index (Phi) is 9.16. The van der Waals surface area contributed by atoms with E-state index in [9.17, 15) is 0 Å². The molecule has 1 aromatic heterocycles. The number of halogens is 1. The largest absolute Gasteiger partial charge is 0.474 e. The van der Waals surface area contributed by atoms with Gasteiger partial charge in [0, 0.05) is 7.11 Å². The van der Waals surface area contributed by atoms with Gasteiger partial charge in [-0.05, 0) is 15.9 Å². The summed E-state index contributed by atoms with van der Waals surface area (Å²) in [7, 11) is 1.63. The van der Waals surface area contributed by atoms with Gasteiger partial charge in [-0.15, -0.1) is 0 Å². The van der Waals surface area contributed by atoms with Gasteiger partial charge < -0.3 is 18.9 Å². The van der Waals surface area contributed by atoms with E-state index in [2.05, 4.69) is 31.3 Å². The molecule has 0 spiro atoms. The zero-order valence-electron chi connectivity index (χ0n) is 11.3. The quantitative estimate of drug-likeness (QED) is 0.339. The van der Waals surface area contributed by atoms with E-state index in [4.69, 9.17) is 24.8 Å². The SMILES string of the molecule is COCCOCCOCCOc1nc(NN)ncc1Br. The number of hydrogen-bond acceptors (Lipinski definition) is 8. The van der Waals surface area contributed by atoms with Gasteiger partial charge in [0.05, 0.1) is 43.7 Å². The number of nitrogens with two attached hydrogens (primary N) is 1. The Bertz CT molecular complexity index is 383. The van der Waals surface area contributed by atoms with Crippen LogP contribution in [0.1, 0.15) is 0 Å². The van der Waals surface area contributed by atoms with Crippen molar-refractivity contribution in [2.24, 2.45) is 5.84 Å². The van der Waals surface area contributed by atoms with Crippen molar-refractivity contribution in [1.29, 1.82) is 0 Å². The first-order chi connectivity index (χ1) is 9.77. The number of nitrogens with zero attached hydrogens (tertiary/aromatic N) is 2. The maximum absolute atomic E-state index is 5.45. The Morgan fingerprint density at radius 3 is 2.45 bits per heavy atom. The molecule has 1 aromatic rings. The van der Waals surface area contributed by atoms with Crippen molar-refractivity contribution in [1.82, 2.24) is 9.97 Å². The molecule has 0 atom stereocenters. The van der Waals surface area contributed by atoms with Gasteiger partial charge in [0.15, 0.2) is 0 Å². The number of hydrazine groups is 1. The third-order valence-electron chi connectivity index (χ3n) is 2.11. The Balaban J connectivity index is 2.09. The summed E-state index contributed by atoms with van der Waals surface area (Å²) in [5.74, 6) is 5.92. The third kappa shape index (κ3) is 6.96. The highest BCUT2D eigenvalue weighted by molar-refractivity contribution is 9.10. The number of hydrogen-bond donors (Lipinski definition) is 2. The fraction of sp³-hybridized carbons (Fsp3) is 0.636. The molecule has 20 heavy (non-hydrogen) atoms. The van der Waals surface area contributed by atoms with Gasteiger partial charge in [-0.3, -0.25) is 5.43 Å². The predicted molar refractivity (Wildman–Crippen MR) is 76.6 cm³/mol. The van der Waals surface area contributed by atoms with Crippen molar-refractivity contribution in [3.63, 3.8) is 0 Å². The molecule has 0 unspecified atom stereocenters. The fourth-order valence-electron chi connectivity index (χ4n) is 1.18. The zero-order valence-corrected chi connectivity index (χ0v) is 12.9. The molecule has 0 aromatic carbocycles. The molecular formula is C11H19BrN4O4. The van der Waals surface area contributed by atoms with Crippen LogP contribution in [0.5, 0.6) is 5.88 Å². The van der Waals surface area contributed by atoms with E-state index in [-0.39, 0.29) is 5.95 Å². The zero-order chi connectivity index (χ0) is 14.6. The highest BCUT2D eigenvalue weighted by Crippen LogP contribution is 2.21. The van der Waals surface area contributed by atoms with Crippen LogP contribution in [0.4, 0.5) is 5.95 Å². The van der Waals surface area contributed by atoms with Crippen LogP contribution >= 0.6 is 15.9 Å². The Morgan fingerprint density at radius 2 is 1.80 bits per heavy atom. The topological polar surface area (TPSA) is 101 Å². The molecule has 114 valence electrons. The lowest BCUT2D eigenvalue weighted by Gasteiger charge is -2.09. The Hall–Kier alpha value is -1.00. The number of nitrogen functional groups attached to an aromatic ring is 1. The molecule has 0 amide bonds. The molecule has 9 heteroatoms. The highest BCUT2D eigenvalue weighted by Gasteiger charge is 2.05. The van der Waals surface area contributed by atoms with Crippen LogP contribution in [0.3, 0.4) is 0 Å². The third-order valence-corrected chi connectivity index (χ3v) is 2.66. The second kappa shape index (κ2) is 10.7. The molecule has 0 radical (unpaired) electrons. The lowest BCUT2D eigenvalue weighted by molar-refractivity contribution is 0.0176. The maximum Gasteiger partial charge on any atom is 0.240 e. The average Bonchev–Trinajstić information content (AvgIpc) is 2.47. The summed E-state index contributed by atoms with van der Waals surface area (Å²) in [6.07, 6.45) is 1.56. The van der Waals surface area contributed by atoms with Crippen LogP contribution in [0.2, 0.25) is 0 Å². The molecule has 0 saturated heterocycles. The van der Waals surface area contributed by atoms with Crippen LogP contribution in [0.15, 0.2) is 10.7 Å². The van der Waals surface area contributed by atoms with Crippen LogP contribution < -0.4 is 16.0 Å². The van der Waals surface area contributed by atoms with Crippen molar-refractivity contribution in [2.45, 2.75) is 0 Å². The van der Waals surface area contributed by atoms with Crippen LogP contribution in [0.25, 0.3) is 0 Å². The molecule has 3 N–H and O–H groups in total. The maximum atomic E-state index is 5.45. The summed E-state index contributed by atoms with van der Waals surface area (Å²) in [6.45, 7) is 3.00. The lowest BCUT2D eigenvalue weighted by Crippen LogP contribution is -2.14. The first-order valence-corrected chi connectivity index (χ1v) is 6.83. The van der Waals surface area contributed by atoms with E-state index in [1.54, 1.807) is 13.3 Å². The van der Waals surface area contributed by atoms with Crippen LogP contribution in [-0.2, 0) is 14.2 Å². The van der Waals surface area contributed by atoms with E-state index >= 15 is 0 Å². The molecule has 0 saturated carbocycles. The number of ether oxygens (including phenoxy) is 4. The minimum absolute atomic E-state index is 0.288. The van der Waals surface area contributed by atoms with Crippen molar-refractivity contribution in [3.05, 3.63) is 10.7 Å². The summed E-state index contributed by atoms with van der Waals surface area (Å²) in [4.78, 5) is 7.97. The first kappa shape index (κ1) is 17.1. The summed E-state index contributed by atoms with van der Waals surface area (Å²) >= 11 is 3.29. The molecular weight excluding hydrogens is 332 g/mol. The number of rotatable bonds is 11. The molecule has 1 rings (SSSR count). The van der Waals surface area contributed by atoms with Gasteiger partial charge in [-0.1, -0.05) is 0 Å². The number of anilines is 1. The first-order valence-electron chi connectivity index (χ1n) is 6.04. The Labute approximate surface area is 126 Å². The fourth-order valence-corrected chi connectivity index (χ4v) is 1.49. The molecule has 0 fully saturated rings. The van der Waals surface area contributed by atoms with Crippen LogP contribution in [0, 0.1) is 0 Å². The highest BCUT2D eigenvalue weighted by atomic mass is 79.9. The van der Waals surface area contributed by atoms with Gasteiger partial charge in [-0.2, -0.15) is 4.98 Å². The number of nitrogens with one attached hydrogen (secondary N) is 1. The minimum atomic E-state index is 0.288. The molecule has 0 aliphatic carbocycles.